The van der Waals surface area contributed by atoms with E-state index in [9.17, 15) is 19.2 Å². The number of H-pyrrole nitrogens is 1. The predicted octanol–water partition coefficient (Wildman–Crippen LogP) is 5.13. The SMILES string of the molecule is CCCC(=O)OCOC(=O)c1sc(C(C)(C)c2c(Cl)cc(-n3ncc(=O)[nH]c3=O)cc2Cl)nc1-c1ccccc1. The summed E-state index contributed by atoms with van der Waals surface area (Å²) in [6.07, 6.45) is 1.80. The van der Waals surface area contributed by atoms with Gasteiger partial charge in [-0.15, -0.1) is 11.3 Å². The summed E-state index contributed by atoms with van der Waals surface area (Å²) in [7, 11) is 0. The highest BCUT2D eigenvalue weighted by Crippen LogP contribution is 2.44. The monoisotopic (exact) mass is 602 g/mol. The maximum Gasteiger partial charge on any atom is 0.353 e. The number of halogens is 2. The van der Waals surface area contributed by atoms with Crippen LogP contribution in [0, 0.1) is 0 Å². The average Bonchev–Trinajstić information content (AvgIpc) is 3.35. The number of nitrogens with zero attached hydrogens (tertiary/aromatic N) is 3. The standard InChI is InChI=1S/C27H24Cl2N4O6S/c1-4-8-20(35)38-14-39-24(36)23-22(15-9-6-5-7-10-15)32-25(40-23)27(2,3)21-17(28)11-16(12-18(21)29)33-26(37)31-19(34)13-30-33/h5-7,9-13H,4,8,14H2,1-3H3,(H,31,34,37). The maximum atomic E-state index is 13.1. The third-order valence-corrected chi connectivity index (χ3v) is 7.82. The van der Waals surface area contributed by atoms with Crippen molar-refractivity contribution >= 4 is 46.5 Å². The van der Waals surface area contributed by atoms with Gasteiger partial charge in [0.05, 0.1) is 11.4 Å². The van der Waals surface area contributed by atoms with Gasteiger partial charge in [-0.1, -0.05) is 60.5 Å². The summed E-state index contributed by atoms with van der Waals surface area (Å²) in [5, 5.41) is 4.79. The number of hydrogen-bond acceptors (Lipinski definition) is 9. The largest absolute Gasteiger partial charge is 0.428 e. The normalized spacial score (nSPS) is 11.3. The molecule has 0 atom stereocenters. The van der Waals surface area contributed by atoms with Crippen LogP contribution < -0.4 is 11.2 Å². The highest BCUT2D eigenvalue weighted by atomic mass is 35.5. The molecule has 0 aliphatic rings. The Kier molecular flexibility index (Phi) is 8.87. The number of hydrogen-bond donors (Lipinski definition) is 1. The Balaban J connectivity index is 1.73. The van der Waals surface area contributed by atoms with Crippen molar-refractivity contribution in [1.82, 2.24) is 19.7 Å². The molecule has 40 heavy (non-hydrogen) atoms. The molecule has 13 heteroatoms. The highest BCUT2D eigenvalue weighted by molar-refractivity contribution is 7.14. The first kappa shape index (κ1) is 29.2. The summed E-state index contributed by atoms with van der Waals surface area (Å²) in [6.45, 7) is 5.02. The summed E-state index contributed by atoms with van der Waals surface area (Å²) in [5.74, 6) is -1.16. The smallest absolute Gasteiger partial charge is 0.353 e. The second-order valence-corrected chi connectivity index (χ2v) is 11.0. The molecule has 208 valence electrons. The maximum absolute atomic E-state index is 13.1. The van der Waals surface area contributed by atoms with E-state index < -0.39 is 35.4 Å². The quantitative estimate of drug-likeness (QED) is 0.206. The first-order chi connectivity index (χ1) is 19.0. The molecule has 0 saturated heterocycles. The molecule has 0 saturated carbocycles. The zero-order chi connectivity index (χ0) is 29.0. The average molecular weight is 603 g/mol. The van der Waals surface area contributed by atoms with Gasteiger partial charge in [0.2, 0.25) is 6.79 Å². The summed E-state index contributed by atoms with van der Waals surface area (Å²) < 4.78 is 11.2. The van der Waals surface area contributed by atoms with E-state index >= 15 is 0 Å². The zero-order valence-electron chi connectivity index (χ0n) is 21.7. The molecule has 0 spiro atoms. The van der Waals surface area contributed by atoms with Crippen LogP contribution in [0.1, 0.15) is 53.9 Å². The number of aromatic nitrogens is 4. The van der Waals surface area contributed by atoms with E-state index in [-0.39, 0.29) is 27.0 Å². The van der Waals surface area contributed by atoms with E-state index in [1.807, 2.05) is 51.1 Å². The highest BCUT2D eigenvalue weighted by Gasteiger charge is 2.35. The van der Waals surface area contributed by atoms with Crippen LogP contribution in [0.3, 0.4) is 0 Å². The van der Waals surface area contributed by atoms with Crippen molar-refractivity contribution in [2.45, 2.75) is 39.0 Å². The van der Waals surface area contributed by atoms with E-state index in [1.165, 1.54) is 12.1 Å². The Morgan fingerprint density at radius 3 is 2.38 bits per heavy atom. The molecule has 4 aromatic rings. The van der Waals surface area contributed by atoms with Gasteiger partial charge in [0.25, 0.3) is 5.56 Å². The van der Waals surface area contributed by atoms with Crippen LogP contribution in [-0.4, -0.2) is 38.5 Å². The molecule has 2 aromatic heterocycles. The lowest BCUT2D eigenvalue weighted by Crippen LogP contribution is -2.30. The van der Waals surface area contributed by atoms with Crippen molar-refractivity contribution in [1.29, 1.82) is 0 Å². The predicted molar refractivity (Wildman–Crippen MR) is 151 cm³/mol. The second-order valence-electron chi connectivity index (χ2n) is 9.14. The zero-order valence-corrected chi connectivity index (χ0v) is 24.0. The summed E-state index contributed by atoms with van der Waals surface area (Å²) in [5.41, 5.74) is -0.458. The Morgan fingerprint density at radius 1 is 1.07 bits per heavy atom. The molecular weight excluding hydrogens is 579 g/mol. The van der Waals surface area contributed by atoms with Gasteiger partial charge in [-0.3, -0.25) is 14.6 Å². The van der Waals surface area contributed by atoms with E-state index in [4.69, 9.17) is 37.7 Å². The Bertz CT molecular complexity index is 1660. The molecule has 0 amide bonds. The van der Waals surface area contributed by atoms with Crippen LogP contribution >= 0.6 is 34.5 Å². The van der Waals surface area contributed by atoms with Crippen LogP contribution in [-0.2, 0) is 19.7 Å². The van der Waals surface area contributed by atoms with E-state index in [1.54, 1.807) is 0 Å². The molecule has 0 fully saturated rings. The summed E-state index contributed by atoms with van der Waals surface area (Å²) in [4.78, 5) is 55.5. The first-order valence-electron chi connectivity index (χ1n) is 12.1. The summed E-state index contributed by atoms with van der Waals surface area (Å²) >= 11 is 14.5. The molecular formula is C27H24Cl2N4O6S. The van der Waals surface area contributed by atoms with Gasteiger partial charge in [-0.2, -0.15) is 9.78 Å². The molecule has 0 radical (unpaired) electrons. The van der Waals surface area contributed by atoms with E-state index in [0.29, 0.717) is 28.2 Å². The van der Waals surface area contributed by atoms with Gasteiger partial charge in [-0.25, -0.2) is 14.6 Å². The fraction of sp³-hybridized carbons (Fsp3) is 0.259. The lowest BCUT2D eigenvalue weighted by Gasteiger charge is -2.25. The second kappa shape index (κ2) is 12.2. The first-order valence-corrected chi connectivity index (χ1v) is 13.7. The number of rotatable bonds is 9. The van der Waals surface area contributed by atoms with Gasteiger partial charge < -0.3 is 9.47 Å². The topological polar surface area (TPSA) is 133 Å². The van der Waals surface area contributed by atoms with E-state index in [2.05, 4.69) is 10.1 Å². The molecule has 0 aliphatic carbocycles. The molecule has 0 bridgehead atoms. The van der Waals surface area contributed by atoms with Gasteiger partial charge >= 0.3 is 17.6 Å². The minimum atomic E-state index is -0.906. The van der Waals surface area contributed by atoms with Crippen molar-refractivity contribution in [2.75, 3.05) is 6.79 Å². The van der Waals surface area contributed by atoms with Crippen LogP contribution in [0.15, 0.2) is 58.3 Å². The minimum Gasteiger partial charge on any atom is -0.428 e. The van der Waals surface area contributed by atoms with Crippen molar-refractivity contribution in [2.24, 2.45) is 0 Å². The molecule has 10 nitrogen and oxygen atoms in total. The minimum absolute atomic E-state index is 0.216. The van der Waals surface area contributed by atoms with Crippen molar-refractivity contribution in [3.63, 3.8) is 0 Å². The van der Waals surface area contributed by atoms with Crippen molar-refractivity contribution < 1.29 is 19.1 Å². The molecule has 4 rings (SSSR count). The number of esters is 2. The fourth-order valence-corrected chi connectivity index (χ4v) is 5.97. The number of aromatic amines is 1. The number of benzene rings is 2. The van der Waals surface area contributed by atoms with Crippen LogP contribution in [0.5, 0.6) is 0 Å². The number of carbonyl (C=O) groups is 2. The van der Waals surface area contributed by atoms with Crippen LogP contribution in [0.4, 0.5) is 0 Å². The molecule has 1 N–H and O–H groups in total. The Labute approximate surface area is 242 Å². The summed E-state index contributed by atoms with van der Waals surface area (Å²) in [6, 6.07) is 12.1. The third-order valence-electron chi connectivity index (χ3n) is 5.87. The Morgan fingerprint density at radius 2 is 1.75 bits per heavy atom. The number of ether oxygens (including phenoxy) is 2. The Hall–Kier alpha value is -3.80. The van der Waals surface area contributed by atoms with Crippen molar-refractivity contribution in [3.8, 4) is 16.9 Å². The van der Waals surface area contributed by atoms with Crippen LogP contribution in [0.2, 0.25) is 10.0 Å². The van der Waals surface area contributed by atoms with Gasteiger partial charge in [-0.05, 0) is 32.4 Å². The number of carbonyl (C=O) groups excluding carboxylic acids is 2. The molecule has 2 heterocycles. The van der Waals surface area contributed by atoms with Gasteiger partial charge in [0, 0.05) is 33.0 Å². The fourth-order valence-electron chi connectivity index (χ4n) is 3.93. The lowest BCUT2D eigenvalue weighted by molar-refractivity contribution is -0.152. The third kappa shape index (κ3) is 6.16. The van der Waals surface area contributed by atoms with Crippen LogP contribution in [0.25, 0.3) is 16.9 Å². The van der Waals surface area contributed by atoms with Gasteiger partial charge in [0.1, 0.15) is 16.1 Å². The molecule has 2 aromatic carbocycles. The van der Waals surface area contributed by atoms with E-state index in [0.717, 1.165) is 22.2 Å². The molecule has 0 aliphatic heterocycles. The van der Waals surface area contributed by atoms with Gasteiger partial charge in [0.15, 0.2) is 0 Å². The lowest BCUT2D eigenvalue weighted by atomic mass is 9.85. The number of nitrogens with one attached hydrogen (secondary N) is 1. The molecule has 0 unspecified atom stereocenters. The number of thiazole rings is 1. The van der Waals surface area contributed by atoms with Crippen molar-refractivity contribution in [3.05, 3.63) is 95.0 Å².